The van der Waals surface area contributed by atoms with Crippen molar-refractivity contribution in [3.8, 4) is 17.2 Å². The van der Waals surface area contributed by atoms with Crippen LogP contribution in [0.2, 0.25) is 0 Å². The van der Waals surface area contributed by atoms with Crippen LogP contribution >= 0.6 is 0 Å². The summed E-state index contributed by atoms with van der Waals surface area (Å²) in [5, 5.41) is 9.50. The molecule has 0 saturated carbocycles. The van der Waals surface area contributed by atoms with E-state index >= 15 is 0 Å². The number of hydrogen-bond acceptors (Lipinski definition) is 3. The van der Waals surface area contributed by atoms with Crippen molar-refractivity contribution in [1.29, 1.82) is 0 Å². The molecule has 0 saturated heterocycles. The fourth-order valence-electron chi connectivity index (χ4n) is 1.33. The Hall–Kier alpha value is -1.64. The lowest BCUT2D eigenvalue weighted by Crippen LogP contribution is -1.93. The van der Waals surface area contributed by atoms with E-state index in [1.807, 2.05) is 6.07 Å². The molecule has 0 unspecified atom stereocenters. The second-order valence-electron chi connectivity index (χ2n) is 2.84. The molecule has 1 aliphatic rings. The van der Waals surface area contributed by atoms with Gasteiger partial charge in [0, 0.05) is 0 Å². The summed E-state index contributed by atoms with van der Waals surface area (Å²) in [4.78, 5) is 0. The van der Waals surface area contributed by atoms with Crippen molar-refractivity contribution in [2.24, 2.45) is 0 Å². The first-order chi connectivity index (χ1) is 6.31. The maximum atomic E-state index is 9.50. The van der Waals surface area contributed by atoms with E-state index in [1.165, 1.54) is 0 Å². The number of ether oxygens (including phenoxy) is 2. The quantitative estimate of drug-likeness (QED) is 0.702. The van der Waals surface area contributed by atoms with Gasteiger partial charge in [-0.15, -0.1) is 6.58 Å². The monoisotopic (exact) mass is 178 g/mol. The zero-order valence-electron chi connectivity index (χ0n) is 7.12. The molecule has 1 N–H and O–H groups in total. The second-order valence-corrected chi connectivity index (χ2v) is 2.84. The fourth-order valence-corrected chi connectivity index (χ4v) is 1.33. The normalized spacial score (nSPS) is 12.9. The van der Waals surface area contributed by atoms with Crippen molar-refractivity contribution in [2.45, 2.75) is 6.42 Å². The molecule has 0 spiro atoms. The molecule has 3 heteroatoms. The van der Waals surface area contributed by atoms with Crippen molar-refractivity contribution < 1.29 is 14.6 Å². The summed E-state index contributed by atoms with van der Waals surface area (Å²) < 4.78 is 10.2. The lowest BCUT2D eigenvalue weighted by Gasteiger charge is -2.02. The van der Waals surface area contributed by atoms with Crippen LogP contribution in [-0.4, -0.2) is 11.9 Å². The summed E-state index contributed by atoms with van der Waals surface area (Å²) in [5.41, 5.74) is 0.969. The van der Waals surface area contributed by atoms with E-state index in [2.05, 4.69) is 6.58 Å². The molecule has 3 nitrogen and oxygen atoms in total. The first kappa shape index (κ1) is 7.98. The molecule has 1 aliphatic heterocycles. The second kappa shape index (κ2) is 3.01. The highest BCUT2D eigenvalue weighted by Gasteiger charge is 2.18. The van der Waals surface area contributed by atoms with Gasteiger partial charge in [0.15, 0.2) is 11.5 Å². The van der Waals surface area contributed by atoms with Crippen molar-refractivity contribution >= 4 is 0 Å². The van der Waals surface area contributed by atoms with Crippen LogP contribution in [0, 0.1) is 0 Å². The molecule has 0 amide bonds. The lowest BCUT2D eigenvalue weighted by molar-refractivity contribution is 0.171. The predicted molar refractivity (Wildman–Crippen MR) is 48.1 cm³/mol. The molecule has 2 rings (SSSR count). The summed E-state index contributed by atoms with van der Waals surface area (Å²) in [6.07, 6.45) is 2.49. The van der Waals surface area contributed by atoms with Crippen molar-refractivity contribution in [2.75, 3.05) is 6.79 Å². The van der Waals surface area contributed by atoms with E-state index in [0.717, 1.165) is 5.56 Å². The van der Waals surface area contributed by atoms with Crippen molar-refractivity contribution in [3.05, 3.63) is 30.4 Å². The minimum absolute atomic E-state index is 0.131. The van der Waals surface area contributed by atoms with E-state index in [1.54, 1.807) is 12.1 Å². The van der Waals surface area contributed by atoms with Crippen LogP contribution in [0.4, 0.5) is 0 Å². The molecular formula is C10H10O3. The summed E-state index contributed by atoms with van der Waals surface area (Å²) in [6, 6.07) is 3.51. The first-order valence-corrected chi connectivity index (χ1v) is 4.03. The van der Waals surface area contributed by atoms with E-state index in [9.17, 15) is 5.11 Å². The van der Waals surface area contributed by atoms with Crippen LogP contribution in [-0.2, 0) is 6.42 Å². The smallest absolute Gasteiger partial charge is 0.231 e. The summed E-state index contributed by atoms with van der Waals surface area (Å²) in [5.74, 6) is 1.18. The summed E-state index contributed by atoms with van der Waals surface area (Å²) in [6.45, 7) is 3.81. The summed E-state index contributed by atoms with van der Waals surface area (Å²) in [7, 11) is 0. The first-order valence-electron chi connectivity index (χ1n) is 4.03. The Balaban J connectivity index is 2.43. The molecule has 68 valence electrons. The largest absolute Gasteiger partial charge is 0.504 e. The Labute approximate surface area is 76.2 Å². The molecule has 13 heavy (non-hydrogen) atoms. The summed E-state index contributed by atoms with van der Waals surface area (Å²) >= 11 is 0. The molecule has 1 aromatic carbocycles. The van der Waals surface area contributed by atoms with Crippen molar-refractivity contribution in [3.63, 3.8) is 0 Å². The third-order valence-corrected chi connectivity index (χ3v) is 1.89. The fraction of sp³-hybridized carbons (Fsp3) is 0.200. The number of fused-ring (bicyclic) bond motifs is 1. The highest BCUT2D eigenvalue weighted by Crippen LogP contribution is 2.41. The van der Waals surface area contributed by atoms with Gasteiger partial charge in [0.1, 0.15) is 0 Å². The van der Waals surface area contributed by atoms with Crippen LogP contribution in [0.3, 0.4) is 0 Å². The number of phenols is 1. The standard InChI is InChI=1S/C10H10O3/c1-2-3-7-4-8(11)10-9(5-7)12-6-13-10/h2,4-5,11H,1,3,6H2. The minimum atomic E-state index is 0.131. The lowest BCUT2D eigenvalue weighted by atomic mass is 10.1. The predicted octanol–water partition coefficient (Wildman–Crippen LogP) is 1.85. The Morgan fingerprint density at radius 1 is 1.46 bits per heavy atom. The Morgan fingerprint density at radius 2 is 2.31 bits per heavy atom. The number of rotatable bonds is 2. The molecule has 0 aliphatic carbocycles. The van der Waals surface area contributed by atoms with E-state index in [-0.39, 0.29) is 12.5 Å². The van der Waals surface area contributed by atoms with E-state index in [0.29, 0.717) is 17.9 Å². The highest BCUT2D eigenvalue weighted by atomic mass is 16.7. The van der Waals surface area contributed by atoms with E-state index < -0.39 is 0 Å². The van der Waals surface area contributed by atoms with Gasteiger partial charge in [-0.1, -0.05) is 6.08 Å². The van der Waals surface area contributed by atoms with Gasteiger partial charge < -0.3 is 14.6 Å². The van der Waals surface area contributed by atoms with Gasteiger partial charge >= 0.3 is 0 Å². The topological polar surface area (TPSA) is 38.7 Å². The molecular weight excluding hydrogens is 168 g/mol. The Morgan fingerprint density at radius 3 is 3.08 bits per heavy atom. The molecule has 0 fully saturated rings. The van der Waals surface area contributed by atoms with Crippen LogP contribution in [0.25, 0.3) is 0 Å². The average Bonchev–Trinajstić information content (AvgIpc) is 2.53. The van der Waals surface area contributed by atoms with Gasteiger partial charge in [-0.2, -0.15) is 0 Å². The highest BCUT2D eigenvalue weighted by molar-refractivity contribution is 5.54. The molecule has 1 aromatic rings. The van der Waals surface area contributed by atoms with Gasteiger partial charge in [-0.25, -0.2) is 0 Å². The van der Waals surface area contributed by atoms with Gasteiger partial charge in [0.25, 0.3) is 0 Å². The number of allylic oxidation sites excluding steroid dienone is 1. The molecule has 0 atom stereocenters. The van der Waals surface area contributed by atoms with Crippen LogP contribution < -0.4 is 9.47 Å². The number of aromatic hydroxyl groups is 1. The Bertz CT molecular complexity index is 344. The number of benzene rings is 1. The third kappa shape index (κ3) is 1.33. The zero-order chi connectivity index (χ0) is 9.26. The maximum Gasteiger partial charge on any atom is 0.231 e. The average molecular weight is 178 g/mol. The number of hydrogen-bond donors (Lipinski definition) is 1. The van der Waals surface area contributed by atoms with Gasteiger partial charge in [-0.05, 0) is 24.1 Å². The molecule has 0 bridgehead atoms. The zero-order valence-corrected chi connectivity index (χ0v) is 7.12. The van der Waals surface area contributed by atoms with Crippen molar-refractivity contribution in [1.82, 2.24) is 0 Å². The van der Waals surface area contributed by atoms with Gasteiger partial charge in [-0.3, -0.25) is 0 Å². The minimum Gasteiger partial charge on any atom is -0.504 e. The molecule has 0 radical (unpaired) electrons. The Kier molecular flexibility index (Phi) is 1.85. The van der Waals surface area contributed by atoms with Gasteiger partial charge in [0.2, 0.25) is 12.5 Å². The third-order valence-electron chi connectivity index (χ3n) is 1.89. The van der Waals surface area contributed by atoms with E-state index in [4.69, 9.17) is 9.47 Å². The maximum absolute atomic E-state index is 9.50. The SMILES string of the molecule is C=CCc1cc(O)c2c(c1)OCO2. The van der Waals surface area contributed by atoms with Crippen LogP contribution in [0.1, 0.15) is 5.56 Å². The van der Waals surface area contributed by atoms with Crippen LogP contribution in [0.15, 0.2) is 24.8 Å². The van der Waals surface area contributed by atoms with Crippen LogP contribution in [0.5, 0.6) is 17.2 Å². The van der Waals surface area contributed by atoms with Gasteiger partial charge in [0.05, 0.1) is 0 Å². The number of phenolic OH excluding ortho intramolecular Hbond substituents is 1. The molecule has 1 heterocycles. The molecule has 0 aromatic heterocycles.